The quantitative estimate of drug-likeness (QED) is 0.535. The number of urea groups is 1. The molecule has 0 heterocycles. The van der Waals surface area contributed by atoms with Crippen molar-refractivity contribution < 1.29 is 14.0 Å². The Bertz CT molecular complexity index is 927. The van der Waals surface area contributed by atoms with Crippen molar-refractivity contribution in [1.29, 1.82) is 0 Å². The molecule has 0 radical (unpaired) electrons. The third kappa shape index (κ3) is 5.32. The number of para-hydroxylation sites is 2. The summed E-state index contributed by atoms with van der Waals surface area (Å²) in [5, 5.41) is 4.07. The Morgan fingerprint density at radius 1 is 0.862 bits per heavy atom. The lowest BCUT2D eigenvalue weighted by Gasteiger charge is -2.27. The van der Waals surface area contributed by atoms with Crippen LogP contribution in [0.25, 0.3) is 0 Å². The van der Waals surface area contributed by atoms with Crippen LogP contribution in [-0.2, 0) is 4.79 Å². The van der Waals surface area contributed by atoms with E-state index in [2.05, 4.69) is 10.7 Å². The molecule has 0 saturated carbocycles. The lowest BCUT2D eigenvalue weighted by atomic mass is 10.0. The van der Waals surface area contributed by atoms with Crippen molar-refractivity contribution in [2.24, 2.45) is 5.73 Å². The molecule has 3 aromatic rings. The Kier molecular flexibility index (Phi) is 6.42. The number of hydrogen-bond acceptors (Lipinski definition) is 3. The Labute approximate surface area is 168 Å². The van der Waals surface area contributed by atoms with Crippen molar-refractivity contribution in [1.82, 2.24) is 10.7 Å². The molecular formula is C22H21FN4O2. The van der Waals surface area contributed by atoms with Crippen LogP contribution in [0.4, 0.5) is 20.6 Å². The van der Waals surface area contributed by atoms with Crippen LogP contribution in [0.2, 0.25) is 0 Å². The van der Waals surface area contributed by atoms with Crippen LogP contribution in [0, 0.1) is 5.82 Å². The minimum absolute atomic E-state index is 0.187. The largest absolute Gasteiger partial charge is 0.352 e. The van der Waals surface area contributed by atoms with E-state index in [1.54, 1.807) is 11.1 Å². The molecule has 1 unspecified atom stereocenters. The van der Waals surface area contributed by atoms with Crippen LogP contribution in [0.1, 0.15) is 18.0 Å². The number of rotatable bonds is 7. The Hall–Kier alpha value is -3.87. The zero-order chi connectivity index (χ0) is 20.6. The molecule has 0 aliphatic heterocycles. The first-order valence-corrected chi connectivity index (χ1v) is 9.04. The molecule has 3 amide bonds. The summed E-state index contributed by atoms with van der Waals surface area (Å²) in [7, 11) is 0. The number of hydrogen-bond donors (Lipinski definition) is 3. The van der Waals surface area contributed by atoms with Crippen LogP contribution in [0.5, 0.6) is 0 Å². The standard InChI is InChI=1S/C22H21FN4O2/c23-19-14-8-7-13-18(19)20(25-22(24)29)15-21(28)26-27(16-9-3-1-4-10-16)17-11-5-2-6-12-17/h1-14,20H,15H2,(H,26,28)(H3,24,25,29). The maximum atomic E-state index is 14.2. The molecule has 1 atom stereocenters. The van der Waals surface area contributed by atoms with Gasteiger partial charge in [-0.2, -0.15) is 0 Å². The average Bonchev–Trinajstić information content (AvgIpc) is 2.73. The maximum Gasteiger partial charge on any atom is 0.312 e. The first-order valence-electron chi connectivity index (χ1n) is 9.04. The average molecular weight is 392 g/mol. The highest BCUT2D eigenvalue weighted by Gasteiger charge is 2.22. The number of nitrogens with two attached hydrogens (primary N) is 1. The molecule has 148 valence electrons. The van der Waals surface area contributed by atoms with Crippen molar-refractivity contribution in [3.8, 4) is 0 Å². The number of halogens is 1. The first kappa shape index (κ1) is 19.9. The van der Waals surface area contributed by atoms with Gasteiger partial charge in [0.2, 0.25) is 5.91 Å². The number of nitrogens with zero attached hydrogens (tertiary/aromatic N) is 1. The molecule has 6 nitrogen and oxygen atoms in total. The highest BCUT2D eigenvalue weighted by Crippen LogP contribution is 2.24. The number of nitrogens with one attached hydrogen (secondary N) is 2. The number of amides is 3. The van der Waals surface area contributed by atoms with Crippen molar-refractivity contribution in [3.05, 3.63) is 96.3 Å². The van der Waals surface area contributed by atoms with Crippen LogP contribution in [0.3, 0.4) is 0 Å². The van der Waals surface area contributed by atoms with Gasteiger partial charge < -0.3 is 11.1 Å². The highest BCUT2D eigenvalue weighted by atomic mass is 19.1. The van der Waals surface area contributed by atoms with Gasteiger partial charge in [-0.05, 0) is 30.3 Å². The molecule has 0 aromatic heterocycles. The fraction of sp³-hybridized carbons (Fsp3) is 0.0909. The van der Waals surface area contributed by atoms with Gasteiger partial charge in [0.25, 0.3) is 0 Å². The van der Waals surface area contributed by atoms with E-state index in [1.165, 1.54) is 18.2 Å². The van der Waals surface area contributed by atoms with E-state index < -0.39 is 23.8 Å². The SMILES string of the molecule is NC(=O)NC(CC(=O)NN(c1ccccc1)c1ccccc1)c1ccccc1F. The van der Waals surface area contributed by atoms with Crippen molar-refractivity contribution in [2.75, 3.05) is 5.01 Å². The number of hydrazine groups is 1. The minimum Gasteiger partial charge on any atom is -0.352 e. The summed E-state index contributed by atoms with van der Waals surface area (Å²) < 4.78 is 14.2. The van der Waals surface area contributed by atoms with E-state index in [0.717, 1.165) is 11.4 Å². The van der Waals surface area contributed by atoms with Gasteiger partial charge in [0.05, 0.1) is 23.8 Å². The number of primary amides is 1. The Balaban J connectivity index is 1.83. The zero-order valence-corrected chi connectivity index (χ0v) is 15.6. The molecule has 7 heteroatoms. The highest BCUT2D eigenvalue weighted by molar-refractivity contribution is 5.82. The van der Waals surface area contributed by atoms with Gasteiger partial charge in [-0.25, -0.2) is 9.18 Å². The topological polar surface area (TPSA) is 87.5 Å². The van der Waals surface area contributed by atoms with E-state index in [0.29, 0.717) is 0 Å². The molecule has 4 N–H and O–H groups in total. The predicted octanol–water partition coefficient (Wildman–Crippen LogP) is 3.79. The van der Waals surface area contributed by atoms with E-state index in [4.69, 9.17) is 5.73 Å². The van der Waals surface area contributed by atoms with Crippen LogP contribution in [0.15, 0.2) is 84.9 Å². The summed E-state index contributed by atoms with van der Waals surface area (Å²) in [5.74, 6) is -0.943. The summed E-state index contributed by atoms with van der Waals surface area (Å²) in [4.78, 5) is 24.2. The predicted molar refractivity (Wildman–Crippen MR) is 110 cm³/mol. The second-order valence-corrected chi connectivity index (χ2v) is 6.33. The second-order valence-electron chi connectivity index (χ2n) is 6.33. The summed E-state index contributed by atoms with van der Waals surface area (Å²) in [6, 6.07) is 22.8. The van der Waals surface area contributed by atoms with Gasteiger partial charge in [-0.1, -0.05) is 54.6 Å². The third-order valence-corrected chi connectivity index (χ3v) is 4.25. The number of benzene rings is 3. The fourth-order valence-electron chi connectivity index (χ4n) is 2.96. The fourth-order valence-corrected chi connectivity index (χ4v) is 2.96. The molecule has 3 aromatic carbocycles. The van der Waals surface area contributed by atoms with Gasteiger partial charge >= 0.3 is 6.03 Å². The zero-order valence-electron chi connectivity index (χ0n) is 15.6. The lowest BCUT2D eigenvalue weighted by Crippen LogP contribution is -2.42. The monoisotopic (exact) mass is 392 g/mol. The van der Waals surface area contributed by atoms with Gasteiger partial charge in [0, 0.05) is 5.56 Å². The summed E-state index contributed by atoms with van der Waals surface area (Å²) >= 11 is 0. The first-order chi connectivity index (χ1) is 14.0. The second kappa shape index (κ2) is 9.36. The maximum absolute atomic E-state index is 14.2. The molecule has 0 saturated heterocycles. The molecule has 0 aliphatic carbocycles. The van der Waals surface area contributed by atoms with E-state index in [9.17, 15) is 14.0 Å². The van der Waals surface area contributed by atoms with Gasteiger partial charge in [-0.3, -0.25) is 15.2 Å². The molecule has 0 fully saturated rings. The molecule has 0 aliphatic rings. The summed E-state index contributed by atoms with van der Waals surface area (Å²) in [5.41, 5.74) is 9.73. The molecule has 0 bridgehead atoms. The van der Waals surface area contributed by atoms with Crippen molar-refractivity contribution >= 4 is 23.3 Å². The lowest BCUT2D eigenvalue weighted by molar-refractivity contribution is -0.121. The minimum atomic E-state index is -0.901. The van der Waals surface area contributed by atoms with E-state index >= 15 is 0 Å². The van der Waals surface area contributed by atoms with Crippen LogP contribution < -0.4 is 21.5 Å². The molecule has 29 heavy (non-hydrogen) atoms. The molecule has 0 spiro atoms. The van der Waals surface area contributed by atoms with Gasteiger partial charge in [0.1, 0.15) is 5.82 Å². The van der Waals surface area contributed by atoms with Gasteiger partial charge in [-0.15, -0.1) is 0 Å². The van der Waals surface area contributed by atoms with Crippen molar-refractivity contribution in [2.45, 2.75) is 12.5 Å². The number of carbonyl (C=O) groups excluding carboxylic acids is 2. The van der Waals surface area contributed by atoms with Crippen LogP contribution in [-0.4, -0.2) is 11.9 Å². The third-order valence-electron chi connectivity index (χ3n) is 4.25. The van der Waals surface area contributed by atoms with E-state index in [-0.39, 0.29) is 12.0 Å². The smallest absolute Gasteiger partial charge is 0.312 e. The van der Waals surface area contributed by atoms with Crippen molar-refractivity contribution in [3.63, 3.8) is 0 Å². The van der Waals surface area contributed by atoms with Gasteiger partial charge in [0.15, 0.2) is 0 Å². The van der Waals surface area contributed by atoms with E-state index in [1.807, 2.05) is 60.7 Å². The molecule has 3 rings (SSSR count). The molecular weight excluding hydrogens is 371 g/mol. The summed E-state index contributed by atoms with van der Waals surface area (Å²) in [6.45, 7) is 0. The Morgan fingerprint density at radius 3 is 1.90 bits per heavy atom. The number of carbonyl (C=O) groups is 2. The van der Waals surface area contributed by atoms with Crippen LogP contribution >= 0.6 is 0 Å². The summed E-state index contributed by atoms with van der Waals surface area (Å²) in [6.07, 6.45) is -0.194. The number of anilines is 2. The normalized spacial score (nSPS) is 11.3. The Morgan fingerprint density at radius 2 is 1.38 bits per heavy atom.